The molecule has 1 aliphatic heterocycles. The van der Waals surface area contributed by atoms with E-state index in [0.29, 0.717) is 5.96 Å². The standard InChI is InChI=1S/C17H27N3S/c1-4-14-5-7-15(8-6-14)17(2,3)13-19-16(18)20-9-11-21-12-10-20/h5-8H,4,9-13H2,1-3H3,(H2,18,19). The fraction of sp³-hybridized carbons (Fsp3) is 0.588. The Morgan fingerprint density at radius 1 is 1.24 bits per heavy atom. The molecule has 0 unspecified atom stereocenters. The molecule has 0 atom stereocenters. The number of thioether (sulfide) groups is 1. The summed E-state index contributed by atoms with van der Waals surface area (Å²) in [5.41, 5.74) is 8.86. The lowest BCUT2D eigenvalue weighted by atomic mass is 9.84. The number of rotatable bonds is 4. The van der Waals surface area contributed by atoms with Gasteiger partial charge in [0, 0.05) is 30.0 Å². The number of nitrogens with zero attached hydrogens (tertiary/aromatic N) is 2. The minimum atomic E-state index is 0.0153. The predicted molar refractivity (Wildman–Crippen MR) is 94.2 cm³/mol. The van der Waals surface area contributed by atoms with Gasteiger partial charge in [0.2, 0.25) is 0 Å². The average Bonchev–Trinajstić information content (AvgIpc) is 2.53. The van der Waals surface area contributed by atoms with Gasteiger partial charge in [-0.1, -0.05) is 45.0 Å². The van der Waals surface area contributed by atoms with Crippen LogP contribution in [-0.4, -0.2) is 42.0 Å². The maximum absolute atomic E-state index is 6.15. The summed E-state index contributed by atoms with van der Waals surface area (Å²) in [4.78, 5) is 6.85. The first-order valence-electron chi connectivity index (χ1n) is 7.75. The third-order valence-corrected chi connectivity index (χ3v) is 5.06. The Morgan fingerprint density at radius 2 is 1.86 bits per heavy atom. The molecular formula is C17H27N3S. The van der Waals surface area contributed by atoms with Gasteiger partial charge in [-0.05, 0) is 17.5 Å². The second kappa shape index (κ2) is 7.21. The number of aryl methyl sites for hydroxylation is 1. The Morgan fingerprint density at radius 3 is 2.43 bits per heavy atom. The van der Waals surface area contributed by atoms with Gasteiger partial charge in [-0.25, -0.2) is 0 Å². The van der Waals surface area contributed by atoms with Crippen molar-refractivity contribution in [3.05, 3.63) is 35.4 Å². The second-order valence-corrected chi connectivity index (χ2v) is 7.43. The third kappa shape index (κ3) is 4.40. The van der Waals surface area contributed by atoms with Crippen LogP contribution in [0.5, 0.6) is 0 Å². The molecule has 3 nitrogen and oxygen atoms in total. The number of aliphatic imine (C=N–C) groups is 1. The normalized spacial score (nSPS) is 17.1. The number of hydrogen-bond acceptors (Lipinski definition) is 2. The van der Waals surface area contributed by atoms with Crippen LogP contribution >= 0.6 is 11.8 Å². The predicted octanol–water partition coefficient (Wildman–Crippen LogP) is 2.89. The number of guanidine groups is 1. The van der Waals surface area contributed by atoms with Crippen LogP contribution in [0.25, 0.3) is 0 Å². The molecule has 1 saturated heterocycles. The molecule has 0 aliphatic carbocycles. The molecule has 4 heteroatoms. The molecule has 21 heavy (non-hydrogen) atoms. The maximum Gasteiger partial charge on any atom is 0.191 e. The van der Waals surface area contributed by atoms with E-state index < -0.39 is 0 Å². The highest BCUT2D eigenvalue weighted by molar-refractivity contribution is 7.99. The van der Waals surface area contributed by atoms with Crippen molar-refractivity contribution in [1.29, 1.82) is 0 Å². The van der Waals surface area contributed by atoms with E-state index in [1.54, 1.807) is 0 Å². The molecule has 1 aliphatic rings. The van der Waals surface area contributed by atoms with Crippen LogP contribution in [0.4, 0.5) is 0 Å². The Hall–Kier alpha value is -1.16. The molecule has 2 N–H and O–H groups in total. The molecule has 0 saturated carbocycles. The van der Waals surface area contributed by atoms with Gasteiger partial charge in [0.05, 0.1) is 6.54 Å². The average molecular weight is 305 g/mol. The van der Waals surface area contributed by atoms with Crippen LogP contribution in [0.2, 0.25) is 0 Å². The number of nitrogens with two attached hydrogens (primary N) is 1. The van der Waals surface area contributed by atoms with Crippen LogP contribution < -0.4 is 5.73 Å². The van der Waals surface area contributed by atoms with Crippen LogP contribution in [-0.2, 0) is 11.8 Å². The van der Waals surface area contributed by atoms with Crippen molar-refractivity contribution >= 4 is 17.7 Å². The Labute approximate surface area is 133 Å². The molecule has 1 heterocycles. The van der Waals surface area contributed by atoms with Crippen molar-refractivity contribution in [3.63, 3.8) is 0 Å². The maximum atomic E-state index is 6.15. The first-order chi connectivity index (χ1) is 10.0. The Kier molecular flexibility index (Phi) is 5.57. The molecule has 2 rings (SSSR count). The SMILES string of the molecule is CCc1ccc(C(C)(C)CN=C(N)N2CCSCC2)cc1. The monoisotopic (exact) mass is 305 g/mol. The van der Waals surface area contributed by atoms with Crippen molar-refractivity contribution < 1.29 is 0 Å². The second-order valence-electron chi connectivity index (χ2n) is 6.21. The molecule has 0 bridgehead atoms. The summed E-state index contributed by atoms with van der Waals surface area (Å²) >= 11 is 1.99. The van der Waals surface area contributed by atoms with Crippen LogP contribution in [0, 0.1) is 0 Å². The quantitative estimate of drug-likeness (QED) is 0.687. The van der Waals surface area contributed by atoms with E-state index in [4.69, 9.17) is 5.73 Å². The van der Waals surface area contributed by atoms with Gasteiger partial charge < -0.3 is 10.6 Å². The zero-order valence-electron chi connectivity index (χ0n) is 13.4. The minimum absolute atomic E-state index is 0.0153. The van der Waals surface area contributed by atoms with Gasteiger partial charge in [-0.2, -0.15) is 11.8 Å². The van der Waals surface area contributed by atoms with E-state index in [1.807, 2.05) is 11.8 Å². The van der Waals surface area contributed by atoms with Crippen molar-refractivity contribution in [2.75, 3.05) is 31.1 Å². The van der Waals surface area contributed by atoms with Gasteiger partial charge in [0.1, 0.15) is 0 Å². The van der Waals surface area contributed by atoms with Crippen molar-refractivity contribution in [2.45, 2.75) is 32.6 Å². The van der Waals surface area contributed by atoms with E-state index >= 15 is 0 Å². The third-order valence-electron chi connectivity index (χ3n) is 4.12. The molecule has 1 aromatic carbocycles. The fourth-order valence-corrected chi connectivity index (χ4v) is 3.36. The highest BCUT2D eigenvalue weighted by atomic mass is 32.2. The summed E-state index contributed by atoms with van der Waals surface area (Å²) in [6, 6.07) is 8.88. The van der Waals surface area contributed by atoms with Gasteiger partial charge in [0.15, 0.2) is 5.96 Å². The molecule has 1 fully saturated rings. The van der Waals surface area contributed by atoms with E-state index in [-0.39, 0.29) is 5.41 Å². The molecule has 0 amide bonds. The van der Waals surface area contributed by atoms with E-state index in [0.717, 1.165) is 37.6 Å². The number of hydrogen-bond donors (Lipinski definition) is 1. The topological polar surface area (TPSA) is 41.6 Å². The molecule has 0 radical (unpaired) electrons. The fourth-order valence-electron chi connectivity index (χ4n) is 2.45. The summed E-state index contributed by atoms with van der Waals surface area (Å²) in [5, 5.41) is 0. The van der Waals surface area contributed by atoms with Gasteiger partial charge in [-0.15, -0.1) is 0 Å². The van der Waals surface area contributed by atoms with Crippen LogP contribution in [0.3, 0.4) is 0 Å². The van der Waals surface area contributed by atoms with Crippen LogP contribution in [0.1, 0.15) is 31.9 Å². The summed E-state index contributed by atoms with van der Waals surface area (Å²) in [6.45, 7) is 9.42. The highest BCUT2D eigenvalue weighted by Crippen LogP contribution is 2.24. The number of benzene rings is 1. The van der Waals surface area contributed by atoms with Gasteiger partial charge >= 0.3 is 0 Å². The van der Waals surface area contributed by atoms with E-state index in [1.165, 1.54) is 11.1 Å². The largest absolute Gasteiger partial charge is 0.370 e. The zero-order valence-corrected chi connectivity index (χ0v) is 14.2. The Balaban J connectivity index is 2.01. The minimum Gasteiger partial charge on any atom is -0.370 e. The Bertz CT molecular complexity index is 473. The van der Waals surface area contributed by atoms with Crippen molar-refractivity contribution in [3.8, 4) is 0 Å². The summed E-state index contributed by atoms with van der Waals surface area (Å²) in [5.74, 6) is 3.00. The smallest absolute Gasteiger partial charge is 0.191 e. The summed E-state index contributed by atoms with van der Waals surface area (Å²) in [7, 11) is 0. The summed E-state index contributed by atoms with van der Waals surface area (Å²) in [6.07, 6.45) is 1.08. The first-order valence-corrected chi connectivity index (χ1v) is 8.90. The van der Waals surface area contributed by atoms with Gasteiger partial charge in [0.25, 0.3) is 0 Å². The molecule has 116 valence electrons. The molecule has 0 spiro atoms. The lowest BCUT2D eigenvalue weighted by molar-refractivity contribution is 0.449. The molecular weight excluding hydrogens is 278 g/mol. The van der Waals surface area contributed by atoms with E-state index in [2.05, 4.69) is 54.9 Å². The summed E-state index contributed by atoms with van der Waals surface area (Å²) < 4.78 is 0. The first kappa shape index (κ1) is 16.2. The molecule has 1 aromatic rings. The van der Waals surface area contributed by atoms with Gasteiger partial charge in [-0.3, -0.25) is 4.99 Å². The highest BCUT2D eigenvalue weighted by Gasteiger charge is 2.21. The van der Waals surface area contributed by atoms with Crippen molar-refractivity contribution in [1.82, 2.24) is 4.90 Å². The lowest BCUT2D eigenvalue weighted by Crippen LogP contribution is -2.43. The van der Waals surface area contributed by atoms with E-state index in [9.17, 15) is 0 Å². The van der Waals surface area contributed by atoms with Crippen molar-refractivity contribution in [2.24, 2.45) is 10.7 Å². The molecule has 0 aromatic heterocycles. The zero-order chi connectivity index (χ0) is 15.3. The van der Waals surface area contributed by atoms with Crippen LogP contribution in [0.15, 0.2) is 29.3 Å². The lowest BCUT2D eigenvalue weighted by Gasteiger charge is -2.29.